The number of hydrogen-bond donors (Lipinski definition) is 1. The van der Waals surface area contributed by atoms with Crippen LogP contribution in [0.2, 0.25) is 0 Å². The maximum absolute atomic E-state index is 11.8. The molecule has 1 aliphatic rings. The summed E-state index contributed by atoms with van der Waals surface area (Å²) in [5.74, 6) is 1.15. The summed E-state index contributed by atoms with van der Waals surface area (Å²) in [6.07, 6.45) is 6.95. The number of tetrazole rings is 1. The van der Waals surface area contributed by atoms with E-state index in [9.17, 15) is 4.79 Å². The molecule has 2 aromatic heterocycles. The number of carbonyl (C=O) groups is 1. The molecule has 0 aromatic carbocycles. The van der Waals surface area contributed by atoms with Crippen LogP contribution >= 0.6 is 0 Å². The molecule has 1 N–H and O–H groups in total. The molecular formula is C11H13N7O. The number of amides is 1. The van der Waals surface area contributed by atoms with Crippen molar-refractivity contribution in [3.8, 4) is 0 Å². The molecule has 19 heavy (non-hydrogen) atoms. The molecular weight excluding hydrogens is 246 g/mol. The van der Waals surface area contributed by atoms with Gasteiger partial charge in [0.2, 0.25) is 0 Å². The quantitative estimate of drug-likeness (QED) is 0.796. The van der Waals surface area contributed by atoms with Crippen molar-refractivity contribution in [2.45, 2.75) is 25.3 Å². The first-order chi connectivity index (χ1) is 9.33. The van der Waals surface area contributed by atoms with E-state index in [1.165, 1.54) is 6.33 Å². The Bertz CT molecular complexity index is 547. The van der Waals surface area contributed by atoms with Gasteiger partial charge in [-0.3, -0.25) is 4.79 Å². The third-order valence-corrected chi connectivity index (χ3v) is 2.89. The number of aromatic nitrogens is 6. The monoisotopic (exact) mass is 259 g/mol. The van der Waals surface area contributed by atoms with Gasteiger partial charge in [0.15, 0.2) is 0 Å². The molecule has 0 unspecified atom stereocenters. The Morgan fingerprint density at radius 1 is 1.37 bits per heavy atom. The van der Waals surface area contributed by atoms with Crippen LogP contribution in [0.3, 0.4) is 0 Å². The van der Waals surface area contributed by atoms with Crippen molar-refractivity contribution in [1.29, 1.82) is 0 Å². The van der Waals surface area contributed by atoms with Crippen LogP contribution in [0.4, 0.5) is 0 Å². The minimum Gasteiger partial charge on any atom is -0.350 e. The van der Waals surface area contributed by atoms with Crippen molar-refractivity contribution in [3.63, 3.8) is 0 Å². The van der Waals surface area contributed by atoms with Crippen molar-refractivity contribution in [2.24, 2.45) is 0 Å². The van der Waals surface area contributed by atoms with Crippen molar-refractivity contribution in [3.05, 3.63) is 30.1 Å². The van der Waals surface area contributed by atoms with Crippen LogP contribution in [-0.2, 0) is 6.54 Å². The minimum absolute atomic E-state index is 0.185. The standard InChI is InChI=1S/C11H13N7O/c19-11(12-3-4-18-7-15-16-17-18)9-5-13-10(14-6-9)8-1-2-8/h5-8H,1-4H2,(H,12,19). The second kappa shape index (κ2) is 5.09. The molecule has 0 bridgehead atoms. The van der Waals surface area contributed by atoms with Crippen molar-refractivity contribution in [1.82, 2.24) is 35.5 Å². The van der Waals surface area contributed by atoms with Crippen LogP contribution < -0.4 is 5.32 Å². The zero-order valence-corrected chi connectivity index (χ0v) is 10.2. The summed E-state index contributed by atoms with van der Waals surface area (Å²) in [7, 11) is 0. The lowest BCUT2D eigenvalue weighted by Gasteiger charge is -2.04. The van der Waals surface area contributed by atoms with E-state index in [2.05, 4.69) is 30.8 Å². The fourth-order valence-corrected chi connectivity index (χ4v) is 1.68. The van der Waals surface area contributed by atoms with Gasteiger partial charge in [0.05, 0.1) is 12.1 Å². The molecule has 8 heteroatoms. The van der Waals surface area contributed by atoms with E-state index in [-0.39, 0.29) is 5.91 Å². The van der Waals surface area contributed by atoms with Gasteiger partial charge in [-0.2, -0.15) is 0 Å². The minimum atomic E-state index is -0.185. The largest absolute Gasteiger partial charge is 0.350 e. The predicted octanol–water partition coefficient (Wildman–Crippen LogP) is -0.230. The van der Waals surface area contributed by atoms with Gasteiger partial charge in [0, 0.05) is 24.9 Å². The smallest absolute Gasteiger partial charge is 0.254 e. The molecule has 0 saturated heterocycles. The first-order valence-electron chi connectivity index (χ1n) is 6.14. The average Bonchev–Trinajstić information content (AvgIpc) is 3.17. The second-order valence-corrected chi connectivity index (χ2v) is 4.43. The molecule has 98 valence electrons. The number of nitrogens with zero attached hydrogens (tertiary/aromatic N) is 6. The SMILES string of the molecule is O=C(NCCn1cnnn1)c1cnc(C2CC2)nc1. The Hall–Kier alpha value is -2.38. The van der Waals surface area contributed by atoms with Gasteiger partial charge < -0.3 is 5.32 Å². The highest BCUT2D eigenvalue weighted by Gasteiger charge is 2.26. The predicted molar refractivity (Wildman–Crippen MR) is 64.2 cm³/mol. The van der Waals surface area contributed by atoms with Crippen molar-refractivity contribution < 1.29 is 4.79 Å². The Morgan fingerprint density at radius 2 is 2.16 bits per heavy atom. The van der Waals surface area contributed by atoms with Gasteiger partial charge in [0.1, 0.15) is 12.2 Å². The van der Waals surface area contributed by atoms with Gasteiger partial charge in [-0.05, 0) is 23.3 Å². The Balaban J connectivity index is 1.51. The van der Waals surface area contributed by atoms with Gasteiger partial charge in [0.25, 0.3) is 5.91 Å². The van der Waals surface area contributed by atoms with Crippen LogP contribution in [0.1, 0.15) is 34.9 Å². The van der Waals surface area contributed by atoms with Crippen LogP contribution in [0, 0.1) is 0 Å². The summed E-state index contributed by atoms with van der Waals surface area (Å²) in [5.41, 5.74) is 0.473. The van der Waals surface area contributed by atoms with Gasteiger partial charge >= 0.3 is 0 Å². The van der Waals surface area contributed by atoms with Gasteiger partial charge in [-0.15, -0.1) is 5.10 Å². The van der Waals surface area contributed by atoms with E-state index < -0.39 is 0 Å². The van der Waals surface area contributed by atoms with Gasteiger partial charge in [-0.1, -0.05) is 0 Å². The normalized spacial score (nSPS) is 14.3. The third-order valence-electron chi connectivity index (χ3n) is 2.89. The Morgan fingerprint density at radius 3 is 2.79 bits per heavy atom. The highest BCUT2D eigenvalue weighted by atomic mass is 16.1. The van der Waals surface area contributed by atoms with Crippen LogP contribution in [-0.4, -0.2) is 42.6 Å². The molecule has 1 amide bonds. The summed E-state index contributed by atoms with van der Waals surface area (Å²) in [5, 5.41) is 13.5. The van der Waals surface area contributed by atoms with Crippen LogP contribution in [0.25, 0.3) is 0 Å². The van der Waals surface area contributed by atoms with E-state index >= 15 is 0 Å². The lowest BCUT2D eigenvalue weighted by Crippen LogP contribution is -2.27. The second-order valence-electron chi connectivity index (χ2n) is 4.43. The highest BCUT2D eigenvalue weighted by molar-refractivity contribution is 5.93. The van der Waals surface area contributed by atoms with Crippen LogP contribution in [0.15, 0.2) is 18.7 Å². The van der Waals surface area contributed by atoms with E-state index in [0.29, 0.717) is 24.6 Å². The molecule has 8 nitrogen and oxygen atoms in total. The summed E-state index contributed by atoms with van der Waals surface area (Å²) < 4.78 is 1.55. The van der Waals surface area contributed by atoms with Crippen molar-refractivity contribution in [2.75, 3.05) is 6.54 Å². The van der Waals surface area contributed by atoms with E-state index in [4.69, 9.17) is 0 Å². The summed E-state index contributed by atoms with van der Waals surface area (Å²) in [6.45, 7) is 0.980. The van der Waals surface area contributed by atoms with Gasteiger partial charge in [-0.25, -0.2) is 14.6 Å². The number of rotatable bonds is 5. The summed E-state index contributed by atoms with van der Waals surface area (Å²) in [4.78, 5) is 20.2. The van der Waals surface area contributed by atoms with Crippen molar-refractivity contribution >= 4 is 5.91 Å². The van der Waals surface area contributed by atoms with E-state index in [0.717, 1.165) is 18.7 Å². The molecule has 0 aliphatic heterocycles. The molecule has 0 atom stereocenters. The molecule has 0 spiro atoms. The molecule has 0 radical (unpaired) electrons. The zero-order valence-electron chi connectivity index (χ0n) is 10.2. The molecule has 3 rings (SSSR count). The highest BCUT2D eigenvalue weighted by Crippen LogP contribution is 2.37. The number of carbonyl (C=O) groups excluding carboxylic acids is 1. The topological polar surface area (TPSA) is 98.5 Å². The van der Waals surface area contributed by atoms with Crippen LogP contribution in [0.5, 0.6) is 0 Å². The van der Waals surface area contributed by atoms with E-state index in [1.54, 1.807) is 17.1 Å². The Labute approximate surface area is 109 Å². The number of nitrogens with one attached hydrogen (secondary N) is 1. The maximum Gasteiger partial charge on any atom is 0.254 e. The summed E-state index contributed by atoms with van der Waals surface area (Å²) >= 11 is 0. The van der Waals surface area contributed by atoms with E-state index in [1.807, 2.05) is 0 Å². The first kappa shape index (κ1) is 11.7. The lowest BCUT2D eigenvalue weighted by molar-refractivity contribution is 0.0951. The fourth-order valence-electron chi connectivity index (χ4n) is 1.68. The molecule has 1 aliphatic carbocycles. The maximum atomic E-state index is 11.8. The molecule has 2 aromatic rings. The molecule has 2 heterocycles. The fraction of sp³-hybridized carbons (Fsp3) is 0.455. The first-order valence-corrected chi connectivity index (χ1v) is 6.14. The average molecular weight is 259 g/mol. The molecule has 1 saturated carbocycles. The number of hydrogen-bond acceptors (Lipinski definition) is 6. The Kier molecular flexibility index (Phi) is 3.13. The molecule has 1 fully saturated rings. The zero-order chi connectivity index (χ0) is 13.1. The summed E-state index contributed by atoms with van der Waals surface area (Å²) in [6, 6.07) is 0. The lowest BCUT2D eigenvalue weighted by atomic mass is 10.3. The third kappa shape index (κ3) is 2.90.